The molecule has 1 aromatic heterocycles. The van der Waals surface area contributed by atoms with Crippen molar-refractivity contribution in [3.8, 4) is 5.75 Å². The number of hydrogen-bond acceptors (Lipinski definition) is 4. The van der Waals surface area contributed by atoms with Crippen LogP contribution in [-0.2, 0) is 11.2 Å². The zero-order chi connectivity index (χ0) is 14.2. The van der Waals surface area contributed by atoms with E-state index < -0.39 is 0 Å². The molecule has 0 aliphatic carbocycles. The van der Waals surface area contributed by atoms with Crippen LogP contribution in [0.25, 0.3) is 0 Å². The fourth-order valence-corrected chi connectivity index (χ4v) is 1.84. The molecule has 4 nitrogen and oxygen atoms in total. The number of carbonyl (C=O) groups excluding carboxylic acids is 1. The molecule has 1 heterocycles. The number of nitrogens with zero attached hydrogens (tertiary/aromatic N) is 1. The first-order chi connectivity index (χ1) is 9.81. The molecule has 0 atom stereocenters. The van der Waals surface area contributed by atoms with Gasteiger partial charge < -0.3 is 9.47 Å². The van der Waals surface area contributed by atoms with Crippen LogP contribution in [0.15, 0.2) is 48.8 Å². The predicted octanol–water partition coefficient (Wildman–Crippen LogP) is 2.53. The topological polar surface area (TPSA) is 48.4 Å². The average molecular weight is 271 g/mol. The first kappa shape index (κ1) is 14.2. The molecular weight excluding hydrogens is 254 g/mol. The number of pyridine rings is 1. The first-order valence-corrected chi connectivity index (χ1v) is 6.44. The molecule has 0 spiro atoms. The predicted molar refractivity (Wildman–Crippen MR) is 76.1 cm³/mol. The van der Waals surface area contributed by atoms with Gasteiger partial charge in [-0.3, -0.25) is 9.78 Å². The van der Waals surface area contributed by atoms with E-state index in [1.165, 1.54) is 0 Å². The Morgan fingerprint density at radius 1 is 1.15 bits per heavy atom. The third-order valence-corrected chi connectivity index (χ3v) is 2.82. The van der Waals surface area contributed by atoms with Crippen molar-refractivity contribution in [2.24, 2.45) is 0 Å². The van der Waals surface area contributed by atoms with Gasteiger partial charge in [0, 0.05) is 25.9 Å². The third-order valence-electron chi connectivity index (χ3n) is 2.82. The summed E-state index contributed by atoms with van der Waals surface area (Å²) in [6.45, 7) is 0.915. The lowest BCUT2D eigenvalue weighted by molar-refractivity contribution is 0.0985. The van der Waals surface area contributed by atoms with Gasteiger partial charge in [0.15, 0.2) is 5.78 Å². The first-order valence-electron chi connectivity index (χ1n) is 6.44. The minimum Gasteiger partial charge on any atom is -0.490 e. The number of carbonyl (C=O) groups is 1. The molecule has 0 aliphatic rings. The number of ether oxygens (including phenoxy) is 2. The van der Waals surface area contributed by atoms with E-state index in [9.17, 15) is 4.79 Å². The highest BCUT2D eigenvalue weighted by atomic mass is 16.5. The lowest BCUT2D eigenvalue weighted by atomic mass is 10.0. The number of para-hydroxylation sites is 1. The molecule has 0 N–H and O–H groups in total. The molecule has 0 saturated heterocycles. The number of hydrogen-bond donors (Lipinski definition) is 0. The number of aromatic nitrogens is 1. The standard InChI is InChI=1S/C16H17NO3/c1-19-9-10-20-16-7-3-2-6-14(16)15(18)11-13-5-4-8-17-12-13/h2-8,12H,9-11H2,1H3. The van der Waals surface area contributed by atoms with E-state index in [4.69, 9.17) is 9.47 Å². The van der Waals surface area contributed by atoms with Crippen molar-refractivity contribution < 1.29 is 14.3 Å². The lowest BCUT2D eigenvalue weighted by Crippen LogP contribution is -2.10. The maximum Gasteiger partial charge on any atom is 0.171 e. The summed E-state index contributed by atoms with van der Waals surface area (Å²) >= 11 is 0. The summed E-state index contributed by atoms with van der Waals surface area (Å²) in [6.07, 6.45) is 3.71. The quantitative estimate of drug-likeness (QED) is 0.573. The van der Waals surface area contributed by atoms with Gasteiger partial charge in [-0.25, -0.2) is 0 Å². The summed E-state index contributed by atoms with van der Waals surface area (Å²) in [5.41, 5.74) is 1.48. The fourth-order valence-electron chi connectivity index (χ4n) is 1.84. The van der Waals surface area contributed by atoms with Crippen molar-refractivity contribution in [1.82, 2.24) is 4.98 Å². The Bertz CT molecular complexity index is 555. The van der Waals surface area contributed by atoms with Crippen LogP contribution in [-0.4, -0.2) is 31.1 Å². The number of rotatable bonds is 7. The monoisotopic (exact) mass is 271 g/mol. The molecular formula is C16H17NO3. The SMILES string of the molecule is COCCOc1ccccc1C(=O)Cc1cccnc1. The zero-order valence-corrected chi connectivity index (χ0v) is 11.4. The van der Waals surface area contributed by atoms with Crippen LogP contribution < -0.4 is 4.74 Å². The van der Waals surface area contributed by atoms with Gasteiger partial charge in [0.2, 0.25) is 0 Å². The highest BCUT2D eigenvalue weighted by molar-refractivity contribution is 5.99. The smallest absolute Gasteiger partial charge is 0.171 e. The molecule has 0 unspecified atom stereocenters. The number of benzene rings is 1. The van der Waals surface area contributed by atoms with E-state index >= 15 is 0 Å². The van der Waals surface area contributed by atoms with E-state index in [0.717, 1.165) is 5.56 Å². The second-order valence-electron chi connectivity index (χ2n) is 4.30. The van der Waals surface area contributed by atoms with Crippen molar-refractivity contribution in [2.45, 2.75) is 6.42 Å². The minimum atomic E-state index is 0.0195. The van der Waals surface area contributed by atoms with Gasteiger partial charge >= 0.3 is 0 Å². The molecule has 0 radical (unpaired) electrons. The van der Waals surface area contributed by atoms with Gasteiger partial charge in [-0.1, -0.05) is 18.2 Å². The van der Waals surface area contributed by atoms with Gasteiger partial charge in [-0.05, 0) is 23.8 Å². The Morgan fingerprint density at radius 2 is 2.00 bits per heavy atom. The van der Waals surface area contributed by atoms with E-state index in [-0.39, 0.29) is 5.78 Å². The molecule has 0 aliphatic heterocycles. The molecule has 1 aromatic carbocycles. The van der Waals surface area contributed by atoms with E-state index in [2.05, 4.69) is 4.98 Å². The van der Waals surface area contributed by atoms with Crippen molar-refractivity contribution in [3.63, 3.8) is 0 Å². The molecule has 0 saturated carbocycles. The molecule has 20 heavy (non-hydrogen) atoms. The van der Waals surface area contributed by atoms with E-state index in [1.54, 1.807) is 31.6 Å². The maximum absolute atomic E-state index is 12.3. The molecule has 0 bridgehead atoms. The fraction of sp³-hybridized carbons (Fsp3) is 0.250. The van der Waals surface area contributed by atoms with Gasteiger partial charge in [0.1, 0.15) is 12.4 Å². The Kier molecular flexibility index (Phi) is 5.26. The van der Waals surface area contributed by atoms with Gasteiger partial charge in [-0.15, -0.1) is 0 Å². The van der Waals surface area contributed by atoms with Crippen LogP contribution in [0.4, 0.5) is 0 Å². The molecule has 0 amide bonds. The minimum absolute atomic E-state index is 0.0195. The summed E-state index contributed by atoms with van der Waals surface area (Å²) in [4.78, 5) is 16.3. The van der Waals surface area contributed by atoms with Crippen molar-refractivity contribution in [2.75, 3.05) is 20.3 Å². The van der Waals surface area contributed by atoms with Crippen LogP contribution in [0.1, 0.15) is 15.9 Å². The van der Waals surface area contributed by atoms with Crippen molar-refractivity contribution in [1.29, 1.82) is 0 Å². The van der Waals surface area contributed by atoms with Gasteiger partial charge in [0.25, 0.3) is 0 Å². The van der Waals surface area contributed by atoms with Crippen LogP contribution in [0.2, 0.25) is 0 Å². The zero-order valence-electron chi connectivity index (χ0n) is 11.4. The molecule has 104 valence electrons. The Balaban J connectivity index is 2.09. The highest BCUT2D eigenvalue weighted by Gasteiger charge is 2.12. The Hall–Kier alpha value is -2.20. The van der Waals surface area contributed by atoms with Gasteiger partial charge in [0.05, 0.1) is 12.2 Å². The molecule has 0 fully saturated rings. The number of methoxy groups -OCH3 is 1. The van der Waals surface area contributed by atoms with Crippen molar-refractivity contribution >= 4 is 5.78 Å². The Labute approximate surface area is 118 Å². The molecule has 2 aromatic rings. The second-order valence-corrected chi connectivity index (χ2v) is 4.30. The van der Waals surface area contributed by atoms with Crippen LogP contribution in [0, 0.1) is 0 Å². The number of Topliss-reactive ketones (excluding diaryl/α,β-unsaturated/α-hetero) is 1. The van der Waals surface area contributed by atoms with E-state index in [0.29, 0.717) is 30.9 Å². The summed E-state index contributed by atoms with van der Waals surface area (Å²) in [6, 6.07) is 11.0. The summed E-state index contributed by atoms with van der Waals surface area (Å²) in [5, 5.41) is 0. The largest absolute Gasteiger partial charge is 0.490 e. The van der Waals surface area contributed by atoms with Crippen LogP contribution in [0.3, 0.4) is 0 Å². The average Bonchev–Trinajstić information content (AvgIpc) is 2.49. The van der Waals surface area contributed by atoms with Crippen LogP contribution >= 0.6 is 0 Å². The summed E-state index contributed by atoms with van der Waals surface area (Å²) in [7, 11) is 1.61. The van der Waals surface area contributed by atoms with E-state index in [1.807, 2.05) is 24.3 Å². The maximum atomic E-state index is 12.3. The highest BCUT2D eigenvalue weighted by Crippen LogP contribution is 2.20. The normalized spacial score (nSPS) is 10.2. The third kappa shape index (κ3) is 3.90. The molecule has 4 heteroatoms. The lowest BCUT2D eigenvalue weighted by Gasteiger charge is -2.10. The summed E-state index contributed by atoms with van der Waals surface area (Å²) < 4.78 is 10.5. The number of ketones is 1. The van der Waals surface area contributed by atoms with Gasteiger partial charge in [-0.2, -0.15) is 0 Å². The van der Waals surface area contributed by atoms with Crippen LogP contribution in [0.5, 0.6) is 5.75 Å². The Morgan fingerprint density at radius 3 is 2.75 bits per heavy atom. The molecule has 2 rings (SSSR count). The second kappa shape index (κ2) is 7.40. The van der Waals surface area contributed by atoms with Crippen molar-refractivity contribution in [3.05, 3.63) is 59.9 Å². The summed E-state index contributed by atoms with van der Waals surface area (Å²) in [5.74, 6) is 0.615.